The fraction of sp³-hybridized carbons (Fsp3) is 0.417. The van der Waals surface area contributed by atoms with Crippen LogP contribution >= 0.6 is 0 Å². The van der Waals surface area contributed by atoms with Gasteiger partial charge in [0.2, 0.25) is 0 Å². The highest BCUT2D eigenvalue weighted by atomic mass is 19.4. The zero-order valence-corrected chi connectivity index (χ0v) is 10.0. The van der Waals surface area contributed by atoms with E-state index in [4.69, 9.17) is 4.74 Å². The van der Waals surface area contributed by atoms with Gasteiger partial charge >= 0.3 is 6.18 Å². The van der Waals surface area contributed by atoms with E-state index >= 15 is 0 Å². The van der Waals surface area contributed by atoms with Crippen molar-refractivity contribution in [1.82, 2.24) is 5.32 Å². The molecule has 18 heavy (non-hydrogen) atoms. The van der Waals surface area contributed by atoms with Crippen LogP contribution in [-0.2, 0) is 4.79 Å². The van der Waals surface area contributed by atoms with Crippen LogP contribution < -0.4 is 10.1 Å². The van der Waals surface area contributed by atoms with E-state index in [1.165, 1.54) is 6.92 Å². The van der Waals surface area contributed by atoms with Crippen LogP contribution in [0, 0.1) is 6.92 Å². The summed E-state index contributed by atoms with van der Waals surface area (Å²) < 4.78 is 40.9. The van der Waals surface area contributed by atoms with Crippen molar-refractivity contribution >= 4 is 5.91 Å². The van der Waals surface area contributed by atoms with Crippen LogP contribution in [0.2, 0.25) is 0 Å². The summed E-state index contributed by atoms with van der Waals surface area (Å²) in [5.74, 6) is -0.358. The van der Waals surface area contributed by atoms with Crippen molar-refractivity contribution in [1.29, 1.82) is 0 Å². The lowest BCUT2D eigenvalue weighted by Crippen LogP contribution is -2.41. The Labute approximate surface area is 103 Å². The maximum absolute atomic E-state index is 11.9. The number of carbonyl (C=O) groups is 1. The van der Waals surface area contributed by atoms with E-state index in [2.05, 4.69) is 0 Å². The number of amides is 1. The Morgan fingerprint density at radius 2 is 1.89 bits per heavy atom. The molecule has 0 bridgehead atoms. The minimum absolute atomic E-state index is 0.440. The molecule has 0 fully saturated rings. The van der Waals surface area contributed by atoms with Gasteiger partial charge in [-0.05, 0) is 26.0 Å². The van der Waals surface area contributed by atoms with Crippen LogP contribution in [0.5, 0.6) is 5.75 Å². The summed E-state index contributed by atoms with van der Waals surface area (Å²) in [5, 5.41) is 1.77. The number of alkyl halides is 3. The van der Waals surface area contributed by atoms with Crippen LogP contribution in [0.15, 0.2) is 24.3 Å². The van der Waals surface area contributed by atoms with Crippen molar-refractivity contribution < 1.29 is 22.7 Å². The normalized spacial score (nSPS) is 12.9. The first-order valence-electron chi connectivity index (χ1n) is 5.36. The average Bonchev–Trinajstić information content (AvgIpc) is 2.28. The number of carbonyl (C=O) groups excluding carboxylic acids is 1. The maximum atomic E-state index is 11.9. The molecule has 0 heterocycles. The van der Waals surface area contributed by atoms with Crippen molar-refractivity contribution in [3.63, 3.8) is 0 Å². The van der Waals surface area contributed by atoms with E-state index < -0.39 is 24.7 Å². The minimum Gasteiger partial charge on any atom is -0.481 e. The number of halogens is 3. The second-order valence-corrected chi connectivity index (χ2v) is 3.91. The molecule has 100 valence electrons. The largest absolute Gasteiger partial charge is 0.481 e. The van der Waals surface area contributed by atoms with E-state index in [0.717, 1.165) is 5.56 Å². The van der Waals surface area contributed by atoms with Gasteiger partial charge in [0.15, 0.2) is 6.10 Å². The summed E-state index contributed by atoms with van der Waals surface area (Å²) in [4.78, 5) is 11.3. The Morgan fingerprint density at radius 3 is 2.39 bits per heavy atom. The van der Waals surface area contributed by atoms with E-state index in [1.54, 1.807) is 29.6 Å². The van der Waals surface area contributed by atoms with E-state index in [-0.39, 0.29) is 0 Å². The quantitative estimate of drug-likeness (QED) is 0.904. The molecule has 1 rings (SSSR count). The Balaban J connectivity index is 2.47. The molecule has 1 atom stereocenters. The van der Waals surface area contributed by atoms with Crippen LogP contribution in [-0.4, -0.2) is 24.7 Å². The van der Waals surface area contributed by atoms with Crippen molar-refractivity contribution in [2.24, 2.45) is 0 Å². The third-order valence-electron chi connectivity index (χ3n) is 2.17. The fourth-order valence-corrected chi connectivity index (χ4v) is 1.21. The van der Waals surface area contributed by atoms with Gasteiger partial charge in [-0.3, -0.25) is 4.79 Å². The van der Waals surface area contributed by atoms with Crippen LogP contribution in [0.4, 0.5) is 13.2 Å². The maximum Gasteiger partial charge on any atom is 0.405 e. The molecule has 1 unspecified atom stereocenters. The molecule has 6 heteroatoms. The number of ether oxygens (including phenoxy) is 1. The van der Waals surface area contributed by atoms with Gasteiger partial charge in [0.25, 0.3) is 5.91 Å². The van der Waals surface area contributed by atoms with Gasteiger partial charge < -0.3 is 10.1 Å². The zero-order chi connectivity index (χ0) is 13.8. The molecule has 0 aliphatic rings. The lowest BCUT2D eigenvalue weighted by Gasteiger charge is -2.15. The van der Waals surface area contributed by atoms with Gasteiger partial charge in [-0.2, -0.15) is 13.2 Å². The molecule has 0 aliphatic carbocycles. The third kappa shape index (κ3) is 5.07. The van der Waals surface area contributed by atoms with Crippen molar-refractivity contribution in [2.45, 2.75) is 26.1 Å². The molecule has 1 N–H and O–H groups in total. The molecule has 0 spiro atoms. The number of hydrogen-bond acceptors (Lipinski definition) is 2. The lowest BCUT2D eigenvalue weighted by atomic mass is 10.2. The molecule has 0 saturated carbocycles. The van der Waals surface area contributed by atoms with Crippen LogP contribution in [0.3, 0.4) is 0 Å². The molecular weight excluding hydrogens is 247 g/mol. The molecule has 3 nitrogen and oxygen atoms in total. The Morgan fingerprint density at radius 1 is 1.33 bits per heavy atom. The van der Waals surface area contributed by atoms with Crippen LogP contribution in [0.1, 0.15) is 12.5 Å². The topological polar surface area (TPSA) is 38.3 Å². The predicted molar refractivity (Wildman–Crippen MR) is 60.3 cm³/mol. The van der Waals surface area contributed by atoms with Crippen molar-refractivity contribution in [2.75, 3.05) is 6.54 Å². The number of nitrogens with one attached hydrogen (secondary N) is 1. The van der Waals surface area contributed by atoms with E-state index in [0.29, 0.717) is 5.75 Å². The van der Waals surface area contributed by atoms with Crippen LogP contribution in [0.25, 0.3) is 0 Å². The third-order valence-corrected chi connectivity index (χ3v) is 2.17. The Bertz CT molecular complexity index is 401. The molecule has 1 amide bonds. The summed E-state index contributed by atoms with van der Waals surface area (Å²) in [6.07, 6.45) is -5.39. The Kier molecular flexibility index (Phi) is 4.58. The first-order valence-corrected chi connectivity index (χ1v) is 5.36. The summed E-state index contributed by atoms with van der Waals surface area (Å²) in [5.41, 5.74) is 1.02. The first-order chi connectivity index (χ1) is 8.28. The fourth-order valence-electron chi connectivity index (χ4n) is 1.21. The highest BCUT2D eigenvalue weighted by molar-refractivity contribution is 5.80. The number of benzene rings is 1. The Hall–Kier alpha value is -1.72. The minimum atomic E-state index is -4.42. The van der Waals surface area contributed by atoms with E-state index in [9.17, 15) is 18.0 Å². The first kappa shape index (κ1) is 14.3. The van der Waals surface area contributed by atoms with Gasteiger partial charge in [-0.25, -0.2) is 0 Å². The number of rotatable bonds is 4. The highest BCUT2D eigenvalue weighted by Gasteiger charge is 2.29. The molecule has 0 saturated heterocycles. The van der Waals surface area contributed by atoms with Gasteiger partial charge in [0.05, 0.1) is 0 Å². The van der Waals surface area contributed by atoms with E-state index in [1.807, 2.05) is 6.92 Å². The highest BCUT2D eigenvalue weighted by Crippen LogP contribution is 2.14. The lowest BCUT2D eigenvalue weighted by molar-refractivity contribution is -0.142. The number of aryl methyl sites for hydroxylation is 1. The SMILES string of the molecule is Cc1ccc(OC(C)C(=O)NCC(F)(F)F)cc1. The monoisotopic (exact) mass is 261 g/mol. The second-order valence-electron chi connectivity index (χ2n) is 3.91. The smallest absolute Gasteiger partial charge is 0.405 e. The average molecular weight is 261 g/mol. The second kappa shape index (κ2) is 5.75. The summed E-state index contributed by atoms with van der Waals surface area (Å²) >= 11 is 0. The molecule has 0 radical (unpaired) electrons. The van der Waals surface area contributed by atoms with Gasteiger partial charge in [0, 0.05) is 0 Å². The molecule has 1 aromatic carbocycles. The summed E-state index contributed by atoms with van der Waals surface area (Å²) in [6.45, 7) is 1.93. The molecule has 0 aliphatic heterocycles. The number of hydrogen-bond donors (Lipinski definition) is 1. The molecule has 0 aromatic heterocycles. The molecular formula is C12H14F3NO2. The van der Waals surface area contributed by atoms with Gasteiger partial charge in [0.1, 0.15) is 12.3 Å². The standard InChI is InChI=1S/C12H14F3NO2/c1-8-3-5-10(6-4-8)18-9(2)11(17)16-7-12(13,14)15/h3-6,9H,7H2,1-2H3,(H,16,17). The molecule has 1 aromatic rings. The zero-order valence-electron chi connectivity index (χ0n) is 10.0. The predicted octanol–water partition coefficient (Wildman–Crippen LogP) is 2.44. The summed E-state index contributed by atoms with van der Waals surface area (Å²) in [6, 6.07) is 6.89. The van der Waals surface area contributed by atoms with Gasteiger partial charge in [-0.1, -0.05) is 17.7 Å². The summed E-state index contributed by atoms with van der Waals surface area (Å²) in [7, 11) is 0. The van der Waals surface area contributed by atoms with Crippen molar-refractivity contribution in [3.05, 3.63) is 29.8 Å². The van der Waals surface area contributed by atoms with Crippen molar-refractivity contribution in [3.8, 4) is 5.75 Å². The van der Waals surface area contributed by atoms with Gasteiger partial charge in [-0.15, -0.1) is 0 Å².